The van der Waals surface area contributed by atoms with Crippen molar-refractivity contribution in [1.82, 2.24) is 4.90 Å². The topological polar surface area (TPSA) is 70.8 Å². The van der Waals surface area contributed by atoms with Gasteiger partial charge in [0, 0.05) is 25.6 Å². The Kier molecular flexibility index (Phi) is 4.28. The van der Waals surface area contributed by atoms with Crippen molar-refractivity contribution in [2.24, 2.45) is 5.41 Å². The van der Waals surface area contributed by atoms with Gasteiger partial charge >= 0.3 is 5.97 Å². The average Bonchev–Trinajstić information content (AvgIpc) is 2.99. The molecule has 0 aromatic carbocycles. The van der Waals surface area contributed by atoms with Crippen molar-refractivity contribution < 1.29 is 19.1 Å². The van der Waals surface area contributed by atoms with Gasteiger partial charge in [-0.15, -0.1) is 0 Å². The summed E-state index contributed by atoms with van der Waals surface area (Å²) in [6.45, 7) is 3.28. The number of allylic oxidation sites excluding steroid dienone is 2. The molecule has 23 heavy (non-hydrogen) atoms. The fourth-order valence-corrected chi connectivity index (χ4v) is 3.83. The molecule has 2 aliphatic rings. The molecule has 1 saturated heterocycles. The first kappa shape index (κ1) is 15.8. The lowest BCUT2D eigenvalue weighted by molar-refractivity contribution is 0.0455. The zero-order valence-electron chi connectivity index (χ0n) is 13.5. The molecule has 1 amide bonds. The molecular weight excluding hydrogens is 294 g/mol. The number of rotatable bonds is 3. The minimum Gasteiger partial charge on any atom is -0.478 e. The number of hydrogen-bond acceptors (Lipinski definition) is 3. The Balaban J connectivity index is 1.80. The van der Waals surface area contributed by atoms with Crippen LogP contribution in [-0.4, -0.2) is 35.0 Å². The SMILES string of the molecule is CCc1oc(C(=O)N2CCC[C@]3(CC=CCC3)C2)cc1C(=O)O. The highest BCUT2D eigenvalue weighted by Crippen LogP contribution is 2.41. The predicted octanol–water partition coefficient (Wildman–Crippen LogP) is 3.50. The second-order valence-corrected chi connectivity index (χ2v) is 6.65. The Bertz CT molecular complexity index is 645. The van der Waals surface area contributed by atoms with Gasteiger partial charge in [0.05, 0.1) is 0 Å². The van der Waals surface area contributed by atoms with Crippen LogP contribution >= 0.6 is 0 Å². The van der Waals surface area contributed by atoms with Gasteiger partial charge < -0.3 is 14.4 Å². The van der Waals surface area contributed by atoms with Crippen LogP contribution in [0.5, 0.6) is 0 Å². The fraction of sp³-hybridized carbons (Fsp3) is 0.556. The highest BCUT2D eigenvalue weighted by atomic mass is 16.4. The number of carboxylic acids is 1. The molecule has 2 heterocycles. The highest BCUT2D eigenvalue weighted by Gasteiger charge is 2.37. The molecule has 5 heteroatoms. The van der Waals surface area contributed by atoms with E-state index in [1.807, 2.05) is 11.8 Å². The summed E-state index contributed by atoms with van der Waals surface area (Å²) < 4.78 is 5.53. The van der Waals surface area contributed by atoms with Crippen molar-refractivity contribution >= 4 is 11.9 Å². The molecular formula is C18H23NO4. The van der Waals surface area contributed by atoms with Crippen molar-refractivity contribution in [2.45, 2.75) is 45.4 Å². The maximum atomic E-state index is 12.8. The van der Waals surface area contributed by atoms with Crippen molar-refractivity contribution in [1.29, 1.82) is 0 Å². The molecule has 1 aromatic rings. The zero-order chi connectivity index (χ0) is 16.4. The minimum atomic E-state index is -1.04. The first-order valence-electron chi connectivity index (χ1n) is 8.35. The Labute approximate surface area is 136 Å². The van der Waals surface area contributed by atoms with Gasteiger partial charge in [-0.25, -0.2) is 4.79 Å². The summed E-state index contributed by atoms with van der Waals surface area (Å²) >= 11 is 0. The summed E-state index contributed by atoms with van der Waals surface area (Å²) in [6.07, 6.45) is 10.3. The molecule has 0 unspecified atom stereocenters. The third-order valence-electron chi connectivity index (χ3n) is 5.08. The maximum Gasteiger partial charge on any atom is 0.339 e. The normalized spacial score (nSPS) is 24.1. The first-order valence-corrected chi connectivity index (χ1v) is 8.35. The molecule has 0 radical (unpaired) electrons. The smallest absolute Gasteiger partial charge is 0.339 e. The number of amides is 1. The summed E-state index contributed by atoms with van der Waals surface area (Å²) in [5.74, 6) is -0.700. The number of furan rings is 1. The molecule has 1 aliphatic heterocycles. The van der Waals surface area contributed by atoms with Crippen molar-refractivity contribution in [3.05, 3.63) is 35.3 Å². The van der Waals surface area contributed by atoms with E-state index in [0.717, 1.165) is 45.2 Å². The number of carbonyl (C=O) groups is 2. The molecule has 5 nitrogen and oxygen atoms in total. The number of carboxylic acid groups (broad SMARTS) is 1. The molecule has 124 valence electrons. The van der Waals surface area contributed by atoms with Gasteiger partial charge in [0.25, 0.3) is 5.91 Å². The molecule has 0 bridgehead atoms. The van der Waals surface area contributed by atoms with E-state index < -0.39 is 5.97 Å². The van der Waals surface area contributed by atoms with Gasteiger partial charge in [-0.05, 0) is 37.5 Å². The molecule has 1 atom stereocenters. The van der Waals surface area contributed by atoms with Crippen LogP contribution < -0.4 is 0 Å². The number of piperidine rings is 1. The molecule has 1 N–H and O–H groups in total. The summed E-state index contributed by atoms with van der Waals surface area (Å²) in [7, 11) is 0. The summed E-state index contributed by atoms with van der Waals surface area (Å²) in [4.78, 5) is 25.8. The highest BCUT2D eigenvalue weighted by molar-refractivity contribution is 5.96. The standard InChI is InChI=1S/C18H23NO4/c1-2-14-13(17(21)22)11-15(23-14)16(20)19-10-6-9-18(12-19)7-4-3-5-8-18/h3-4,11H,2,5-10,12H2,1H3,(H,21,22)/t18-/m1/s1. The lowest BCUT2D eigenvalue weighted by atomic mass is 9.71. The van der Waals surface area contributed by atoms with Crippen molar-refractivity contribution in [3.8, 4) is 0 Å². The van der Waals surface area contributed by atoms with Crippen LogP contribution in [0.2, 0.25) is 0 Å². The van der Waals surface area contributed by atoms with Crippen molar-refractivity contribution in [3.63, 3.8) is 0 Å². The van der Waals surface area contributed by atoms with E-state index in [-0.39, 0.29) is 22.6 Å². The Morgan fingerprint density at radius 1 is 1.35 bits per heavy atom. The third kappa shape index (κ3) is 3.05. The van der Waals surface area contributed by atoms with E-state index >= 15 is 0 Å². The molecule has 1 fully saturated rings. The monoisotopic (exact) mass is 317 g/mol. The lowest BCUT2D eigenvalue weighted by Gasteiger charge is -2.43. The molecule has 1 aromatic heterocycles. The number of nitrogens with zero attached hydrogens (tertiary/aromatic N) is 1. The summed E-state index contributed by atoms with van der Waals surface area (Å²) in [5, 5.41) is 9.21. The summed E-state index contributed by atoms with van der Waals surface area (Å²) in [5.41, 5.74) is 0.293. The predicted molar refractivity (Wildman–Crippen MR) is 85.6 cm³/mol. The van der Waals surface area contributed by atoms with Crippen LogP contribution in [0.4, 0.5) is 0 Å². The van der Waals surface area contributed by atoms with E-state index in [9.17, 15) is 14.7 Å². The van der Waals surface area contributed by atoms with E-state index in [1.54, 1.807) is 0 Å². The maximum absolute atomic E-state index is 12.8. The van der Waals surface area contributed by atoms with Crippen LogP contribution in [0.25, 0.3) is 0 Å². The van der Waals surface area contributed by atoms with Gasteiger partial charge in [0.2, 0.25) is 0 Å². The van der Waals surface area contributed by atoms with E-state index in [4.69, 9.17) is 4.42 Å². The zero-order valence-corrected chi connectivity index (χ0v) is 13.5. The van der Waals surface area contributed by atoms with Gasteiger partial charge in [-0.1, -0.05) is 19.1 Å². The lowest BCUT2D eigenvalue weighted by Crippen LogP contribution is -2.46. The summed E-state index contributed by atoms with van der Waals surface area (Å²) in [6, 6.07) is 1.38. The van der Waals surface area contributed by atoms with Gasteiger partial charge in [-0.2, -0.15) is 0 Å². The first-order chi connectivity index (χ1) is 11.0. The quantitative estimate of drug-likeness (QED) is 0.866. The average molecular weight is 317 g/mol. The minimum absolute atomic E-state index is 0.100. The second-order valence-electron chi connectivity index (χ2n) is 6.65. The van der Waals surface area contributed by atoms with Crippen LogP contribution in [0, 0.1) is 5.41 Å². The number of carbonyl (C=O) groups excluding carboxylic acids is 1. The molecule has 1 spiro atoms. The number of aromatic carboxylic acids is 1. The van der Waals surface area contributed by atoms with Crippen molar-refractivity contribution in [2.75, 3.05) is 13.1 Å². The second kappa shape index (κ2) is 6.22. The molecule has 0 saturated carbocycles. The van der Waals surface area contributed by atoms with Gasteiger partial charge in [-0.3, -0.25) is 4.79 Å². The van der Waals surface area contributed by atoms with E-state index in [0.29, 0.717) is 12.2 Å². The van der Waals surface area contributed by atoms with Crippen LogP contribution in [0.3, 0.4) is 0 Å². The van der Waals surface area contributed by atoms with Gasteiger partial charge in [0.1, 0.15) is 11.3 Å². The van der Waals surface area contributed by atoms with Crippen LogP contribution in [0.15, 0.2) is 22.6 Å². The van der Waals surface area contributed by atoms with Gasteiger partial charge in [0.15, 0.2) is 5.76 Å². The van der Waals surface area contributed by atoms with E-state index in [1.165, 1.54) is 6.07 Å². The van der Waals surface area contributed by atoms with Crippen LogP contribution in [0.1, 0.15) is 65.7 Å². The number of likely N-dealkylation sites (tertiary alicyclic amines) is 1. The number of hydrogen-bond donors (Lipinski definition) is 1. The fourth-order valence-electron chi connectivity index (χ4n) is 3.83. The Morgan fingerprint density at radius 2 is 2.17 bits per heavy atom. The number of aryl methyl sites for hydroxylation is 1. The largest absolute Gasteiger partial charge is 0.478 e. The Morgan fingerprint density at radius 3 is 2.78 bits per heavy atom. The Hall–Kier alpha value is -2.04. The molecule has 1 aliphatic carbocycles. The third-order valence-corrected chi connectivity index (χ3v) is 5.08. The van der Waals surface area contributed by atoms with E-state index in [2.05, 4.69) is 12.2 Å². The molecule has 3 rings (SSSR count). The van der Waals surface area contributed by atoms with Crippen LogP contribution in [-0.2, 0) is 6.42 Å².